The van der Waals surface area contributed by atoms with Gasteiger partial charge in [0, 0.05) is 45.8 Å². The second-order valence-electron chi connectivity index (χ2n) is 18.4. The SMILES string of the molecule is C1=CC2=C(CC1)c1cc3c(cc1C21c2ccccc2-c2ccccc21)Oc1ccc(N(C2=CCC(C4=CCCc5oc6ccccc6c54)C=C2)c2cccc4c2oc2ccccc24)cc1O3. The fraction of sp³-hybridized carbons (Fsp3) is 0.115. The summed E-state index contributed by atoms with van der Waals surface area (Å²) in [7, 11) is 0. The fourth-order valence-corrected chi connectivity index (χ4v) is 12.3. The summed E-state index contributed by atoms with van der Waals surface area (Å²) in [6.07, 6.45) is 18.9. The average molecular weight is 852 g/mol. The van der Waals surface area contributed by atoms with Crippen LogP contribution in [0.3, 0.4) is 0 Å². The van der Waals surface area contributed by atoms with Crippen molar-refractivity contribution in [3.8, 4) is 34.1 Å². The van der Waals surface area contributed by atoms with Gasteiger partial charge in [0.25, 0.3) is 0 Å². The molecule has 9 aromatic rings. The molecule has 1 unspecified atom stereocenters. The Morgan fingerprint density at radius 1 is 0.545 bits per heavy atom. The molecule has 5 heteroatoms. The third-order valence-corrected chi connectivity index (χ3v) is 15.0. The number of allylic oxidation sites excluding steroid dienone is 9. The summed E-state index contributed by atoms with van der Waals surface area (Å²) >= 11 is 0. The van der Waals surface area contributed by atoms with Crippen LogP contribution in [-0.4, -0.2) is 0 Å². The van der Waals surface area contributed by atoms with E-state index in [0.717, 1.165) is 94.0 Å². The summed E-state index contributed by atoms with van der Waals surface area (Å²) in [6, 6.07) is 51.9. The van der Waals surface area contributed by atoms with E-state index in [-0.39, 0.29) is 5.92 Å². The number of rotatable bonds is 4. The summed E-state index contributed by atoms with van der Waals surface area (Å²) in [5, 5.41) is 3.37. The predicted molar refractivity (Wildman–Crippen MR) is 264 cm³/mol. The highest BCUT2D eigenvalue weighted by atomic mass is 16.6. The van der Waals surface area contributed by atoms with Gasteiger partial charge in [0.15, 0.2) is 28.6 Å². The molecule has 1 spiro atoms. The van der Waals surface area contributed by atoms with E-state index in [1.54, 1.807) is 0 Å². The third-order valence-electron chi connectivity index (χ3n) is 15.0. The van der Waals surface area contributed by atoms with Gasteiger partial charge in [-0.15, -0.1) is 0 Å². The van der Waals surface area contributed by atoms with Gasteiger partial charge in [0.05, 0.1) is 16.8 Å². The molecule has 7 aromatic carbocycles. The monoisotopic (exact) mass is 851 g/mol. The molecule has 2 aromatic heterocycles. The van der Waals surface area contributed by atoms with Gasteiger partial charge in [0.1, 0.15) is 16.9 Å². The summed E-state index contributed by atoms with van der Waals surface area (Å²) < 4.78 is 27.0. The van der Waals surface area contributed by atoms with Crippen LogP contribution in [0, 0.1) is 5.92 Å². The van der Waals surface area contributed by atoms with Crippen molar-refractivity contribution < 1.29 is 18.3 Å². The number of furan rings is 2. The van der Waals surface area contributed by atoms with Crippen LogP contribution < -0.4 is 14.4 Å². The van der Waals surface area contributed by atoms with Gasteiger partial charge in [-0.2, -0.15) is 0 Å². The number of para-hydroxylation sites is 3. The Labute approximate surface area is 381 Å². The molecule has 15 rings (SSSR count). The van der Waals surface area contributed by atoms with Crippen LogP contribution in [-0.2, 0) is 11.8 Å². The minimum Gasteiger partial charge on any atom is -0.460 e. The van der Waals surface area contributed by atoms with Crippen molar-refractivity contribution in [2.45, 2.75) is 37.5 Å². The van der Waals surface area contributed by atoms with Gasteiger partial charge in [-0.05, 0) is 124 Å². The maximum Gasteiger partial charge on any atom is 0.172 e. The van der Waals surface area contributed by atoms with Gasteiger partial charge in [-0.1, -0.05) is 127 Å². The van der Waals surface area contributed by atoms with E-state index in [9.17, 15) is 0 Å². The van der Waals surface area contributed by atoms with Crippen molar-refractivity contribution in [1.82, 2.24) is 0 Å². The highest BCUT2D eigenvalue weighted by molar-refractivity contribution is 6.10. The number of hydrogen-bond donors (Lipinski definition) is 0. The molecule has 0 radical (unpaired) electrons. The van der Waals surface area contributed by atoms with Crippen molar-refractivity contribution in [2.75, 3.05) is 4.90 Å². The number of aryl methyl sites for hydroxylation is 1. The largest absolute Gasteiger partial charge is 0.460 e. The average Bonchev–Trinajstić information content (AvgIpc) is 4.11. The normalized spacial score (nSPS) is 17.9. The lowest BCUT2D eigenvalue weighted by atomic mass is 9.69. The Bertz CT molecular complexity index is 3730. The Morgan fingerprint density at radius 3 is 2.11 bits per heavy atom. The molecule has 0 saturated carbocycles. The number of fused-ring (bicyclic) bond motifs is 17. The maximum atomic E-state index is 7.01. The van der Waals surface area contributed by atoms with Crippen LogP contribution in [0.25, 0.3) is 55.2 Å². The Kier molecular flexibility index (Phi) is 7.44. The molecule has 5 nitrogen and oxygen atoms in total. The van der Waals surface area contributed by atoms with Crippen LogP contribution in [0.15, 0.2) is 202 Å². The van der Waals surface area contributed by atoms with E-state index in [1.807, 2.05) is 12.1 Å². The van der Waals surface area contributed by atoms with E-state index in [1.165, 1.54) is 61.0 Å². The first-order chi connectivity index (χ1) is 32.7. The van der Waals surface area contributed by atoms with E-state index < -0.39 is 5.41 Å². The quantitative estimate of drug-likeness (QED) is 0.177. The van der Waals surface area contributed by atoms with Crippen LogP contribution in [0.1, 0.15) is 59.3 Å². The van der Waals surface area contributed by atoms with Gasteiger partial charge >= 0.3 is 0 Å². The minimum atomic E-state index is -0.419. The van der Waals surface area contributed by atoms with Crippen LogP contribution in [0.4, 0.5) is 11.4 Å². The van der Waals surface area contributed by atoms with E-state index in [4.69, 9.17) is 18.3 Å². The Morgan fingerprint density at radius 2 is 1.27 bits per heavy atom. The van der Waals surface area contributed by atoms with Crippen molar-refractivity contribution in [3.63, 3.8) is 0 Å². The molecule has 314 valence electrons. The van der Waals surface area contributed by atoms with E-state index in [0.29, 0.717) is 11.5 Å². The number of hydrogen-bond acceptors (Lipinski definition) is 5. The molecule has 0 amide bonds. The van der Waals surface area contributed by atoms with Gasteiger partial charge in [-0.25, -0.2) is 0 Å². The van der Waals surface area contributed by atoms with Crippen LogP contribution >= 0.6 is 0 Å². The van der Waals surface area contributed by atoms with Gasteiger partial charge < -0.3 is 23.2 Å². The Hall–Kier alpha value is -8.02. The lowest BCUT2D eigenvalue weighted by Gasteiger charge is -2.33. The molecule has 0 fully saturated rings. The number of ether oxygens (including phenoxy) is 2. The topological polar surface area (TPSA) is 48.0 Å². The van der Waals surface area contributed by atoms with Crippen LogP contribution in [0.5, 0.6) is 23.0 Å². The molecule has 5 aliphatic carbocycles. The first-order valence-corrected chi connectivity index (χ1v) is 23.3. The summed E-state index contributed by atoms with van der Waals surface area (Å²) in [6.45, 7) is 0. The van der Waals surface area contributed by atoms with Crippen LogP contribution in [0.2, 0.25) is 0 Å². The molecule has 6 aliphatic rings. The first-order valence-electron chi connectivity index (χ1n) is 23.3. The van der Waals surface area contributed by atoms with Gasteiger partial charge in [-0.3, -0.25) is 0 Å². The molecule has 66 heavy (non-hydrogen) atoms. The van der Waals surface area contributed by atoms with Crippen molar-refractivity contribution >= 4 is 55.4 Å². The van der Waals surface area contributed by atoms with Crippen molar-refractivity contribution in [3.05, 3.63) is 227 Å². The Balaban J connectivity index is 0.840. The predicted octanol–water partition coefficient (Wildman–Crippen LogP) is 16.3. The fourth-order valence-electron chi connectivity index (χ4n) is 12.3. The smallest absolute Gasteiger partial charge is 0.172 e. The molecule has 1 aliphatic heterocycles. The van der Waals surface area contributed by atoms with Gasteiger partial charge in [0.2, 0.25) is 0 Å². The molecule has 0 N–H and O–H groups in total. The second-order valence-corrected chi connectivity index (χ2v) is 18.4. The molecule has 3 heterocycles. The first kappa shape index (κ1) is 36.3. The number of anilines is 2. The zero-order valence-corrected chi connectivity index (χ0v) is 36.0. The highest BCUT2D eigenvalue weighted by Crippen LogP contribution is 2.65. The summed E-state index contributed by atoms with van der Waals surface area (Å²) in [5.41, 5.74) is 18.4. The van der Waals surface area contributed by atoms with E-state index in [2.05, 4.69) is 175 Å². The number of benzene rings is 7. The number of nitrogens with zero attached hydrogens (tertiary/aromatic N) is 1. The second kappa shape index (κ2) is 13.5. The summed E-state index contributed by atoms with van der Waals surface area (Å²) in [4.78, 5) is 2.32. The standard InChI is InChI=1S/C61H41NO4/c1-6-20-47-40(13-1)41-14-2-7-21-48(41)61(47)49-22-8-3-15-42(49)46-34-57-58(35-50(46)61)64-54-32-31-38(33-56(54)65-57)62(51-23-11-19-44-43-16-4-9-24-52(43)66-60(44)51)37-29-27-36(28-30-37)39-18-12-26-55-59(39)45-17-5-10-25-53(45)63-55/h1-2,4-11,13-14,16-25,27,29-36H,3,12,15,26,28H2. The molecule has 0 bridgehead atoms. The molecule has 1 atom stereocenters. The third kappa shape index (κ3) is 4.89. The van der Waals surface area contributed by atoms with Crippen molar-refractivity contribution in [1.29, 1.82) is 0 Å². The van der Waals surface area contributed by atoms with E-state index >= 15 is 0 Å². The zero-order valence-electron chi connectivity index (χ0n) is 36.0. The highest BCUT2D eigenvalue weighted by Gasteiger charge is 2.53. The zero-order chi connectivity index (χ0) is 43.1. The molecular weight excluding hydrogens is 811 g/mol. The lowest BCUT2D eigenvalue weighted by molar-refractivity contribution is 0.359. The summed E-state index contributed by atoms with van der Waals surface area (Å²) in [5.74, 6) is 4.14. The molecular formula is C61H41NO4. The minimum absolute atomic E-state index is 0.219. The lowest BCUT2D eigenvalue weighted by Crippen LogP contribution is -2.27. The molecule has 0 saturated heterocycles. The van der Waals surface area contributed by atoms with Crippen molar-refractivity contribution in [2.24, 2.45) is 5.92 Å². The maximum absolute atomic E-state index is 7.01.